The van der Waals surface area contributed by atoms with E-state index < -0.39 is 0 Å². The first-order chi connectivity index (χ1) is 7.73. The Labute approximate surface area is 111 Å². The maximum Gasteiger partial charge on any atom is 0.0717 e. The monoisotopic (exact) mass is 256 g/mol. The molecule has 1 aliphatic carbocycles. The molecular formula is C14H32N2Si. The second kappa shape index (κ2) is 5.41. The van der Waals surface area contributed by atoms with E-state index in [1.165, 1.54) is 29.5 Å². The van der Waals surface area contributed by atoms with Gasteiger partial charge in [0.05, 0.1) is 5.66 Å². The molecule has 0 heterocycles. The SMILES string of the molecule is CC(C)NC1(NC(C)C)CCCC1([SiH3])C(C)C. The molecule has 0 amide bonds. The highest BCUT2D eigenvalue weighted by Crippen LogP contribution is 2.54. The second-order valence-corrected chi connectivity index (χ2v) is 8.71. The third-order valence-corrected chi connectivity index (χ3v) is 7.08. The molecule has 0 aromatic rings. The molecule has 0 aromatic heterocycles. The van der Waals surface area contributed by atoms with E-state index in [0.717, 1.165) is 5.92 Å². The van der Waals surface area contributed by atoms with Crippen molar-refractivity contribution in [2.45, 2.75) is 83.6 Å². The van der Waals surface area contributed by atoms with Crippen LogP contribution >= 0.6 is 0 Å². The largest absolute Gasteiger partial charge is 0.297 e. The Balaban J connectivity index is 3.02. The summed E-state index contributed by atoms with van der Waals surface area (Å²) >= 11 is 0. The van der Waals surface area contributed by atoms with Gasteiger partial charge < -0.3 is 0 Å². The number of rotatable bonds is 5. The first-order valence-corrected chi connectivity index (χ1v) is 8.29. The van der Waals surface area contributed by atoms with Crippen LogP contribution in [0.15, 0.2) is 0 Å². The molecule has 17 heavy (non-hydrogen) atoms. The third-order valence-electron chi connectivity index (χ3n) is 4.57. The summed E-state index contributed by atoms with van der Waals surface area (Å²) in [5.74, 6) is 0.758. The van der Waals surface area contributed by atoms with Crippen LogP contribution in [-0.2, 0) is 0 Å². The fourth-order valence-electron chi connectivity index (χ4n) is 3.50. The van der Waals surface area contributed by atoms with Crippen LogP contribution in [0.1, 0.15) is 60.8 Å². The van der Waals surface area contributed by atoms with Gasteiger partial charge in [-0.15, -0.1) is 0 Å². The van der Waals surface area contributed by atoms with Crippen LogP contribution in [0.3, 0.4) is 0 Å². The van der Waals surface area contributed by atoms with Gasteiger partial charge in [-0.2, -0.15) is 0 Å². The smallest absolute Gasteiger partial charge is 0.0717 e. The van der Waals surface area contributed by atoms with Crippen LogP contribution < -0.4 is 10.6 Å². The number of hydrogen-bond acceptors (Lipinski definition) is 2. The van der Waals surface area contributed by atoms with Gasteiger partial charge in [0.15, 0.2) is 0 Å². The van der Waals surface area contributed by atoms with Crippen LogP contribution in [-0.4, -0.2) is 28.0 Å². The highest BCUT2D eigenvalue weighted by atomic mass is 28.1. The van der Waals surface area contributed by atoms with E-state index in [4.69, 9.17) is 0 Å². The van der Waals surface area contributed by atoms with Crippen LogP contribution in [0.25, 0.3) is 0 Å². The molecule has 1 atom stereocenters. The van der Waals surface area contributed by atoms with Gasteiger partial charge in [-0.1, -0.05) is 13.8 Å². The minimum atomic E-state index is 0.176. The van der Waals surface area contributed by atoms with Gasteiger partial charge in [-0.3, -0.25) is 10.6 Å². The van der Waals surface area contributed by atoms with Crippen molar-refractivity contribution in [3.05, 3.63) is 0 Å². The van der Waals surface area contributed by atoms with E-state index in [1.54, 1.807) is 0 Å². The summed E-state index contributed by atoms with van der Waals surface area (Å²) < 4.78 is 0. The average molecular weight is 257 g/mol. The van der Waals surface area contributed by atoms with Gasteiger partial charge in [0.25, 0.3) is 0 Å². The highest BCUT2D eigenvalue weighted by molar-refractivity contribution is 6.16. The molecular weight excluding hydrogens is 224 g/mol. The third kappa shape index (κ3) is 2.94. The van der Waals surface area contributed by atoms with Crippen molar-refractivity contribution in [3.8, 4) is 0 Å². The lowest BCUT2D eigenvalue weighted by atomic mass is 9.83. The molecule has 1 fully saturated rings. The summed E-state index contributed by atoms with van der Waals surface area (Å²) in [6.07, 6.45) is 4.03. The topological polar surface area (TPSA) is 24.1 Å². The molecule has 3 heteroatoms. The molecule has 2 nitrogen and oxygen atoms in total. The van der Waals surface area contributed by atoms with Crippen LogP contribution in [0.4, 0.5) is 0 Å². The molecule has 1 aliphatic rings. The zero-order valence-corrected chi connectivity index (χ0v) is 14.9. The molecule has 0 aromatic carbocycles. The lowest BCUT2D eigenvalue weighted by Crippen LogP contribution is -2.66. The lowest BCUT2D eigenvalue weighted by molar-refractivity contribution is 0.141. The van der Waals surface area contributed by atoms with Crippen LogP contribution in [0, 0.1) is 5.92 Å². The molecule has 0 bridgehead atoms. The fraction of sp³-hybridized carbons (Fsp3) is 1.00. The number of hydrogen-bond donors (Lipinski definition) is 2. The molecule has 1 saturated carbocycles. The predicted octanol–water partition coefficient (Wildman–Crippen LogP) is 2.04. The highest BCUT2D eigenvalue weighted by Gasteiger charge is 2.53. The predicted molar refractivity (Wildman–Crippen MR) is 80.6 cm³/mol. The molecule has 1 rings (SSSR count). The Morgan fingerprint density at radius 3 is 1.71 bits per heavy atom. The molecule has 0 saturated heterocycles. The minimum Gasteiger partial charge on any atom is -0.297 e. The Bertz CT molecular complexity index is 241. The number of nitrogens with one attached hydrogen (secondary N) is 2. The molecule has 0 aliphatic heterocycles. The Kier molecular flexibility index (Phi) is 4.84. The Morgan fingerprint density at radius 1 is 0.882 bits per heavy atom. The van der Waals surface area contributed by atoms with E-state index in [2.05, 4.69) is 52.2 Å². The van der Waals surface area contributed by atoms with Crippen molar-refractivity contribution >= 4 is 10.2 Å². The average Bonchev–Trinajstić information content (AvgIpc) is 2.42. The first kappa shape index (κ1) is 15.2. The summed E-state index contributed by atoms with van der Waals surface area (Å²) in [5, 5.41) is 8.25. The Morgan fingerprint density at radius 2 is 1.35 bits per heavy atom. The molecule has 102 valence electrons. The minimum absolute atomic E-state index is 0.176. The van der Waals surface area contributed by atoms with Crippen LogP contribution in [0.5, 0.6) is 0 Å². The second-order valence-electron chi connectivity index (χ2n) is 6.93. The van der Waals surface area contributed by atoms with Gasteiger partial charge in [0.2, 0.25) is 0 Å². The summed E-state index contributed by atoms with van der Waals surface area (Å²) in [7, 11) is 1.26. The summed E-state index contributed by atoms with van der Waals surface area (Å²) in [6.45, 7) is 13.9. The van der Waals surface area contributed by atoms with E-state index in [9.17, 15) is 0 Å². The van der Waals surface area contributed by atoms with Gasteiger partial charge >= 0.3 is 0 Å². The van der Waals surface area contributed by atoms with Crippen molar-refractivity contribution in [3.63, 3.8) is 0 Å². The molecule has 2 N–H and O–H groups in total. The standard InChI is InChI=1S/C14H32N2Si/c1-10(2)13(17)8-7-9-14(13,15-11(3)4)16-12(5)6/h10-12,15-16H,7-9H2,1-6,17H3. The fourth-order valence-corrected chi connectivity index (χ4v) is 4.39. The quantitative estimate of drug-likeness (QED) is 0.581. The zero-order chi connectivity index (χ0) is 13.3. The van der Waals surface area contributed by atoms with Crippen molar-refractivity contribution in [2.75, 3.05) is 0 Å². The molecule has 1 unspecified atom stereocenters. The maximum absolute atomic E-state index is 3.88. The van der Waals surface area contributed by atoms with Gasteiger partial charge in [-0.05, 0) is 57.9 Å². The van der Waals surface area contributed by atoms with E-state index in [-0.39, 0.29) is 5.66 Å². The van der Waals surface area contributed by atoms with Gasteiger partial charge in [0.1, 0.15) is 0 Å². The first-order valence-electron chi connectivity index (χ1n) is 7.29. The zero-order valence-electron chi connectivity index (χ0n) is 12.9. The summed E-state index contributed by atoms with van der Waals surface area (Å²) in [5.41, 5.74) is 0.176. The van der Waals surface area contributed by atoms with Crippen molar-refractivity contribution in [2.24, 2.45) is 5.92 Å². The van der Waals surface area contributed by atoms with Crippen LogP contribution in [0.2, 0.25) is 5.04 Å². The lowest BCUT2D eigenvalue weighted by Gasteiger charge is -2.50. The molecule has 0 radical (unpaired) electrons. The maximum atomic E-state index is 3.88. The van der Waals surface area contributed by atoms with E-state index >= 15 is 0 Å². The van der Waals surface area contributed by atoms with Crippen molar-refractivity contribution < 1.29 is 0 Å². The summed E-state index contributed by atoms with van der Waals surface area (Å²) in [6, 6.07) is 1.10. The van der Waals surface area contributed by atoms with Gasteiger partial charge in [-0.25, -0.2) is 0 Å². The van der Waals surface area contributed by atoms with Crippen molar-refractivity contribution in [1.82, 2.24) is 10.6 Å². The Hall–Kier alpha value is 0.137. The summed E-state index contributed by atoms with van der Waals surface area (Å²) in [4.78, 5) is 0. The molecule has 0 spiro atoms. The van der Waals surface area contributed by atoms with E-state index in [0.29, 0.717) is 17.1 Å². The van der Waals surface area contributed by atoms with E-state index in [1.807, 2.05) is 0 Å². The van der Waals surface area contributed by atoms with Crippen molar-refractivity contribution in [1.29, 1.82) is 0 Å². The van der Waals surface area contributed by atoms with Gasteiger partial charge in [0, 0.05) is 22.3 Å². The normalized spacial score (nSPS) is 28.8.